The second-order valence-corrected chi connectivity index (χ2v) is 5.59. The van der Waals surface area contributed by atoms with E-state index in [0.717, 1.165) is 24.7 Å². The number of hydrogen-bond acceptors (Lipinski definition) is 4. The minimum absolute atomic E-state index is 0.501. The first kappa shape index (κ1) is 14.6. The molecule has 1 aliphatic rings. The molecule has 1 fully saturated rings. The molecule has 0 amide bonds. The summed E-state index contributed by atoms with van der Waals surface area (Å²) in [4.78, 5) is 17.1. The van der Waals surface area contributed by atoms with E-state index in [9.17, 15) is 0 Å². The molecule has 0 spiro atoms. The summed E-state index contributed by atoms with van der Waals surface area (Å²) in [6, 6.07) is 1.88. The van der Waals surface area contributed by atoms with Crippen molar-refractivity contribution < 1.29 is 0 Å². The quantitative estimate of drug-likeness (QED) is 0.661. The number of guanidine groups is 1. The number of rotatable bonds is 3. The third-order valence-electron chi connectivity index (χ3n) is 3.61. The lowest BCUT2D eigenvalue weighted by Crippen LogP contribution is -2.42. The highest BCUT2D eigenvalue weighted by atomic mass is 15.3. The molecule has 0 unspecified atom stereocenters. The van der Waals surface area contributed by atoms with E-state index in [1.165, 1.54) is 12.8 Å². The third-order valence-corrected chi connectivity index (χ3v) is 3.61. The van der Waals surface area contributed by atoms with Gasteiger partial charge in [-0.2, -0.15) is 0 Å². The van der Waals surface area contributed by atoms with Crippen molar-refractivity contribution in [3.63, 3.8) is 0 Å². The van der Waals surface area contributed by atoms with Crippen LogP contribution in [0.25, 0.3) is 0 Å². The summed E-state index contributed by atoms with van der Waals surface area (Å²) in [6.45, 7) is 4.79. The maximum atomic E-state index is 6.06. The molecule has 0 bridgehead atoms. The molecule has 1 aliphatic heterocycles. The summed E-state index contributed by atoms with van der Waals surface area (Å²) in [7, 11) is 3.84. The average molecular weight is 276 g/mol. The molecular weight excluding hydrogens is 252 g/mol. The van der Waals surface area contributed by atoms with Gasteiger partial charge in [0.2, 0.25) is 5.95 Å². The zero-order valence-corrected chi connectivity index (χ0v) is 12.6. The molecular formula is C14H24N6. The minimum atomic E-state index is 0.501. The number of piperidine rings is 1. The molecule has 0 saturated carbocycles. The molecule has 0 aromatic carbocycles. The largest absolute Gasteiger partial charge is 0.370 e. The lowest BCUT2D eigenvalue weighted by atomic mass is 10.00. The van der Waals surface area contributed by atoms with Crippen LogP contribution in [0.2, 0.25) is 0 Å². The number of nitrogens with two attached hydrogens (primary N) is 1. The van der Waals surface area contributed by atoms with Gasteiger partial charge in [0.25, 0.3) is 0 Å². The van der Waals surface area contributed by atoms with Gasteiger partial charge in [-0.25, -0.2) is 15.0 Å². The Hall–Kier alpha value is -1.85. The van der Waals surface area contributed by atoms with Crippen molar-refractivity contribution in [3.8, 4) is 0 Å². The molecule has 0 aliphatic carbocycles. The molecule has 20 heavy (non-hydrogen) atoms. The summed E-state index contributed by atoms with van der Waals surface area (Å²) >= 11 is 0. The first-order valence-corrected chi connectivity index (χ1v) is 7.10. The summed E-state index contributed by atoms with van der Waals surface area (Å²) in [5, 5.41) is 0. The number of nitrogens with zero attached hydrogens (tertiary/aromatic N) is 5. The second-order valence-electron chi connectivity index (χ2n) is 5.59. The van der Waals surface area contributed by atoms with Crippen LogP contribution in [0.4, 0.5) is 5.95 Å². The van der Waals surface area contributed by atoms with Gasteiger partial charge in [0, 0.05) is 33.4 Å². The van der Waals surface area contributed by atoms with Crippen molar-refractivity contribution in [2.24, 2.45) is 16.6 Å². The van der Waals surface area contributed by atoms with Crippen LogP contribution in [0.1, 0.15) is 25.5 Å². The standard InChI is InChI=1S/C14H24N6/c1-11-5-8-20(9-6-11)13(15)17-10-12-4-7-16-14(18-12)19(2)3/h4,7,11H,5-6,8-10H2,1-3H3,(H2,15,17). The first-order chi connectivity index (χ1) is 9.56. The lowest BCUT2D eigenvalue weighted by molar-refractivity contribution is 0.277. The van der Waals surface area contributed by atoms with Crippen molar-refractivity contribution in [3.05, 3.63) is 18.0 Å². The number of aromatic nitrogens is 2. The maximum Gasteiger partial charge on any atom is 0.225 e. The summed E-state index contributed by atoms with van der Waals surface area (Å²) in [5.74, 6) is 2.12. The Balaban J connectivity index is 1.96. The number of likely N-dealkylation sites (tertiary alicyclic amines) is 1. The normalized spacial score (nSPS) is 17.4. The van der Waals surface area contributed by atoms with E-state index in [2.05, 4.69) is 26.8 Å². The van der Waals surface area contributed by atoms with Crippen LogP contribution in [0, 0.1) is 5.92 Å². The Kier molecular flexibility index (Phi) is 4.76. The number of aliphatic imine (C=N–C) groups is 1. The van der Waals surface area contributed by atoms with Gasteiger partial charge in [0.15, 0.2) is 5.96 Å². The van der Waals surface area contributed by atoms with Crippen LogP contribution in [0.15, 0.2) is 17.3 Å². The lowest BCUT2D eigenvalue weighted by Gasteiger charge is -2.31. The Morgan fingerprint density at radius 3 is 2.80 bits per heavy atom. The van der Waals surface area contributed by atoms with Crippen LogP contribution >= 0.6 is 0 Å². The highest BCUT2D eigenvalue weighted by molar-refractivity contribution is 5.78. The second kappa shape index (κ2) is 6.54. The average Bonchev–Trinajstić information content (AvgIpc) is 2.46. The van der Waals surface area contributed by atoms with Gasteiger partial charge in [-0.3, -0.25) is 0 Å². The Bertz CT molecular complexity index is 462. The molecule has 2 heterocycles. The molecule has 2 rings (SSSR count). The van der Waals surface area contributed by atoms with E-state index in [0.29, 0.717) is 18.5 Å². The van der Waals surface area contributed by atoms with Crippen LogP contribution in [0.5, 0.6) is 0 Å². The van der Waals surface area contributed by atoms with Crippen LogP contribution in [-0.4, -0.2) is 48.0 Å². The first-order valence-electron chi connectivity index (χ1n) is 7.10. The van der Waals surface area contributed by atoms with E-state index in [1.54, 1.807) is 6.20 Å². The molecule has 6 heteroatoms. The summed E-state index contributed by atoms with van der Waals surface area (Å²) in [5.41, 5.74) is 6.95. The molecule has 1 aromatic rings. The zero-order valence-electron chi connectivity index (χ0n) is 12.6. The van der Waals surface area contributed by atoms with Gasteiger partial charge < -0.3 is 15.5 Å². The van der Waals surface area contributed by atoms with Crippen molar-refractivity contribution in [2.75, 3.05) is 32.1 Å². The third kappa shape index (κ3) is 3.82. The fourth-order valence-electron chi connectivity index (χ4n) is 2.19. The van der Waals surface area contributed by atoms with Gasteiger partial charge in [-0.15, -0.1) is 0 Å². The fourth-order valence-corrected chi connectivity index (χ4v) is 2.19. The Morgan fingerprint density at radius 2 is 2.15 bits per heavy atom. The Labute approximate surface area is 120 Å². The molecule has 110 valence electrons. The Morgan fingerprint density at radius 1 is 1.45 bits per heavy atom. The molecule has 1 saturated heterocycles. The zero-order chi connectivity index (χ0) is 14.5. The van der Waals surface area contributed by atoms with E-state index in [4.69, 9.17) is 5.73 Å². The van der Waals surface area contributed by atoms with Gasteiger partial charge >= 0.3 is 0 Å². The smallest absolute Gasteiger partial charge is 0.225 e. The van der Waals surface area contributed by atoms with Gasteiger partial charge in [0.05, 0.1) is 12.2 Å². The highest BCUT2D eigenvalue weighted by Crippen LogP contribution is 2.15. The maximum absolute atomic E-state index is 6.06. The molecule has 0 atom stereocenters. The molecule has 6 nitrogen and oxygen atoms in total. The monoisotopic (exact) mass is 276 g/mol. The molecule has 0 radical (unpaired) electrons. The van der Waals surface area contributed by atoms with E-state index in [-0.39, 0.29) is 0 Å². The highest BCUT2D eigenvalue weighted by Gasteiger charge is 2.16. The predicted octanol–water partition coefficient (Wildman–Crippen LogP) is 1.09. The minimum Gasteiger partial charge on any atom is -0.370 e. The van der Waals surface area contributed by atoms with Crippen LogP contribution < -0.4 is 10.6 Å². The number of hydrogen-bond donors (Lipinski definition) is 1. The van der Waals surface area contributed by atoms with Crippen molar-refractivity contribution in [1.29, 1.82) is 0 Å². The van der Waals surface area contributed by atoms with Gasteiger partial charge in [-0.1, -0.05) is 6.92 Å². The molecule has 1 aromatic heterocycles. The van der Waals surface area contributed by atoms with Gasteiger partial charge in [-0.05, 0) is 24.8 Å². The van der Waals surface area contributed by atoms with E-state index < -0.39 is 0 Å². The van der Waals surface area contributed by atoms with Crippen molar-refractivity contribution in [2.45, 2.75) is 26.3 Å². The SMILES string of the molecule is CC1CCN(C(N)=NCc2ccnc(N(C)C)n2)CC1. The fraction of sp³-hybridized carbons (Fsp3) is 0.643. The van der Waals surface area contributed by atoms with Gasteiger partial charge in [0.1, 0.15) is 0 Å². The van der Waals surface area contributed by atoms with E-state index >= 15 is 0 Å². The summed E-state index contributed by atoms with van der Waals surface area (Å²) < 4.78 is 0. The van der Waals surface area contributed by atoms with Crippen molar-refractivity contribution in [1.82, 2.24) is 14.9 Å². The van der Waals surface area contributed by atoms with Crippen LogP contribution in [-0.2, 0) is 6.54 Å². The van der Waals surface area contributed by atoms with Crippen molar-refractivity contribution >= 4 is 11.9 Å². The topological polar surface area (TPSA) is 70.6 Å². The number of anilines is 1. The van der Waals surface area contributed by atoms with E-state index in [1.807, 2.05) is 25.1 Å². The van der Waals surface area contributed by atoms with Crippen LogP contribution in [0.3, 0.4) is 0 Å². The predicted molar refractivity (Wildman–Crippen MR) is 81.7 cm³/mol. The molecule has 2 N–H and O–H groups in total. The summed E-state index contributed by atoms with van der Waals surface area (Å²) in [6.07, 6.45) is 4.13.